The minimum atomic E-state index is 0.468. The van der Waals surface area contributed by atoms with Gasteiger partial charge in [0.1, 0.15) is 11.6 Å². The van der Waals surface area contributed by atoms with Gasteiger partial charge in [-0.1, -0.05) is 17.3 Å². The fourth-order valence-electron chi connectivity index (χ4n) is 2.02. The summed E-state index contributed by atoms with van der Waals surface area (Å²) < 4.78 is 5.13. The summed E-state index contributed by atoms with van der Waals surface area (Å²) in [5, 5.41) is 4.76. The Kier molecular flexibility index (Phi) is 2.26. The van der Waals surface area contributed by atoms with Crippen LogP contribution < -0.4 is 5.73 Å². The van der Waals surface area contributed by atoms with Crippen molar-refractivity contribution in [3.8, 4) is 11.4 Å². The summed E-state index contributed by atoms with van der Waals surface area (Å²) in [5.74, 6) is 1.72. The highest BCUT2D eigenvalue weighted by molar-refractivity contribution is 5.89. The first-order chi connectivity index (χ1) is 8.66. The molecule has 0 radical (unpaired) electrons. The Morgan fingerprint density at radius 1 is 1.11 bits per heavy atom. The highest BCUT2D eigenvalue weighted by Gasteiger charge is 2.15. The van der Waals surface area contributed by atoms with Gasteiger partial charge in [-0.2, -0.15) is 0 Å². The van der Waals surface area contributed by atoms with E-state index in [-0.39, 0.29) is 0 Å². The highest BCUT2D eigenvalue weighted by Crippen LogP contribution is 2.27. The van der Waals surface area contributed by atoms with Gasteiger partial charge in [0.25, 0.3) is 0 Å². The summed E-state index contributed by atoms with van der Waals surface area (Å²) in [6, 6.07) is 7.65. The van der Waals surface area contributed by atoms with E-state index < -0.39 is 0 Å². The summed E-state index contributed by atoms with van der Waals surface area (Å²) >= 11 is 0. The van der Waals surface area contributed by atoms with Gasteiger partial charge in [0, 0.05) is 5.39 Å². The zero-order chi connectivity index (χ0) is 12.7. The Bertz CT molecular complexity index is 713. The van der Waals surface area contributed by atoms with E-state index in [1.165, 1.54) is 0 Å². The van der Waals surface area contributed by atoms with Gasteiger partial charge < -0.3 is 10.3 Å². The smallest absolute Gasteiger partial charge is 0.167 e. The lowest BCUT2D eigenvalue weighted by molar-refractivity contribution is 0.393. The fourth-order valence-corrected chi connectivity index (χ4v) is 2.02. The van der Waals surface area contributed by atoms with E-state index in [0.717, 1.165) is 22.2 Å². The molecule has 0 saturated heterocycles. The van der Waals surface area contributed by atoms with Gasteiger partial charge in [-0.25, -0.2) is 9.97 Å². The summed E-state index contributed by atoms with van der Waals surface area (Å²) in [6.45, 7) is 3.70. The van der Waals surface area contributed by atoms with Gasteiger partial charge in [-0.15, -0.1) is 0 Å². The van der Waals surface area contributed by atoms with Crippen LogP contribution in [0.15, 0.2) is 28.8 Å². The lowest BCUT2D eigenvalue weighted by atomic mass is 10.1. The van der Waals surface area contributed by atoms with Gasteiger partial charge in [-0.3, -0.25) is 0 Å². The Morgan fingerprint density at radius 3 is 2.61 bits per heavy atom. The quantitative estimate of drug-likeness (QED) is 0.707. The standard InChI is InChI=1S/C13H12N4O/c1-7-11(8(2)18-17-7)13-15-10-6-4-3-5-9(10)12(14)16-13/h3-6H,1-2H3,(H2,14,15,16). The largest absolute Gasteiger partial charge is 0.383 e. The van der Waals surface area contributed by atoms with Crippen molar-refractivity contribution in [1.29, 1.82) is 0 Å². The Hall–Kier alpha value is -2.43. The highest BCUT2D eigenvalue weighted by atomic mass is 16.5. The molecular weight excluding hydrogens is 228 g/mol. The maximum Gasteiger partial charge on any atom is 0.167 e. The number of hydrogen-bond donors (Lipinski definition) is 1. The van der Waals surface area contributed by atoms with Crippen LogP contribution in [0.25, 0.3) is 22.3 Å². The van der Waals surface area contributed by atoms with E-state index >= 15 is 0 Å². The average molecular weight is 240 g/mol. The SMILES string of the molecule is Cc1noc(C)c1-c1nc(N)c2ccccc2n1. The van der Waals surface area contributed by atoms with Crippen LogP contribution in [0.1, 0.15) is 11.5 Å². The number of anilines is 1. The molecule has 0 aliphatic heterocycles. The molecule has 0 saturated carbocycles. The predicted octanol–water partition coefficient (Wildman–Crippen LogP) is 2.48. The van der Waals surface area contributed by atoms with Crippen LogP contribution in [0.4, 0.5) is 5.82 Å². The molecule has 90 valence electrons. The molecule has 2 N–H and O–H groups in total. The molecule has 0 unspecified atom stereocenters. The molecule has 2 aromatic heterocycles. The van der Waals surface area contributed by atoms with E-state index in [9.17, 15) is 0 Å². The summed E-state index contributed by atoms with van der Waals surface area (Å²) in [7, 11) is 0. The molecule has 18 heavy (non-hydrogen) atoms. The number of hydrogen-bond acceptors (Lipinski definition) is 5. The monoisotopic (exact) mass is 240 g/mol. The molecule has 3 aromatic rings. The maximum absolute atomic E-state index is 5.96. The van der Waals surface area contributed by atoms with Crippen LogP contribution in [0.2, 0.25) is 0 Å². The topological polar surface area (TPSA) is 77.8 Å². The van der Waals surface area contributed by atoms with E-state index in [0.29, 0.717) is 17.4 Å². The molecule has 0 spiro atoms. The first-order valence-electron chi connectivity index (χ1n) is 5.62. The number of aromatic nitrogens is 3. The molecule has 0 aliphatic rings. The minimum absolute atomic E-state index is 0.468. The molecule has 2 heterocycles. The van der Waals surface area contributed by atoms with Crippen molar-refractivity contribution >= 4 is 16.7 Å². The minimum Gasteiger partial charge on any atom is -0.383 e. The van der Waals surface area contributed by atoms with Crippen molar-refractivity contribution in [2.24, 2.45) is 0 Å². The first kappa shape index (κ1) is 10.7. The number of aryl methyl sites for hydroxylation is 2. The van der Waals surface area contributed by atoms with Crippen LogP contribution >= 0.6 is 0 Å². The number of nitrogens with zero attached hydrogens (tertiary/aromatic N) is 3. The molecule has 0 fully saturated rings. The second-order valence-corrected chi connectivity index (χ2v) is 4.15. The fraction of sp³-hybridized carbons (Fsp3) is 0.154. The van der Waals surface area contributed by atoms with Crippen LogP contribution in [-0.4, -0.2) is 15.1 Å². The molecule has 0 atom stereocenters. The van der Waals surface area contributed by atoms with Gasteiger partial charge in [-0.05, 0) is 26.0 Å². The van der Waals surface area contributed by atoms with Crippen LogP contribution in [0, 0.1) is 13.8 Å². The second kappa shape index (κ2) is 3.80. The average Bonchev–Trinajstić information content (AvgIpc) is 2.69. The number of para-hydroxylation sites is 1. The summed E-state index contributed by atoms with van der Waals surface area (Å²) in [6.07, 6.45) is 0. The van der Waals surface area contributed by atoms with Crippen LogP contribution in [0.5, 0.6) is 0 Å². The Labute approximate surface area is 104 Å². The van der Waals surface area contributed by atoms with Crippen molar-refractivity contribution in [2.45, 2.75) is 13.8 Å². The van der Waals surface area contributed by atoms with Crippen molar-refractivity contribution in [2.75, 3.05) is 5.73 Å². The third kappa shape index (κ3) is 1.52. The van der Waals surface area contributed by atoms with E-state index in [1.54, 1.807) is 0 Å². The Morgan fingerprint density at radius 2 is 1.89 bits per heavy atom. The Balaban J connectivity index is 2.31. The van der Waals surface area contributed by atoms with Crippen molar-refractivity contribution in [3.05, 3.63) is 35.7 Å². The van der Waals surface area contributed by atoms with Gasteiger partial charge in [0.05, 0.1) is 16.8 Å². The number of nitrogen functional groups attached to an aromatic ring is 1. The molecule has 5 nitrogen and oxygen atoms in total. The van der Waals surface area contributed by atoms with Crippen molar-refractivity contribution in [1.82, 2.24) is 15.1 Å². The summed E-state index contributed by atoms with van der Waals surface area (Å²) in [4.78, 5) is 8.84. The molecular formula is C13H12N4O. The van der Waals surface area contributed by atoms with Crippen LogP contribution in [0.3, 0.4) is 0 Å². The number of rotatable bonds is 1. The van der Waals surface area contributed by atoms with Crippen molar-refractivity contribution < 1.29 is 4.52 Å². The molecule has 3 rings (SSSR count). The maximum atomic E-state index is 5.96. The predicted molar refractivity (Wildman–Crippen MR) is 68.9 cm³/mol. The van der Waals surface area contributed by atoms with Gasteiger partial charge >= 0.3 is 0 Å². The number of fused-ring (bicyclic) bond motifs is 1. The van der Waals surface area contributed by atoms with E-state index in [2.05, 4.69) is 15.1 Å². The third-order valence-corrected chi connectivity index (χ3v) is 2.89. The second-order valence-electron chi connectivity index (χ2n) is 4.15. The first-order valence-corrected chi connectivity index (χ1v) is 5.62. The van der Waals surface area contributed by atoms with Gasteiger partial charge in [0.15, 0.2) is 5.82 Å². The third-order valence-electron chi connectivity index (χ3n) is 2.89. The zero-order valence-corrected chi connectivity index (χ0v) is 10.1. The van der Waals surface area contributed by atoms with E-state index in [1.807, 2.05) is 38.1 Å². The lowest BCUT2D eigenvalue weighted by Gasteiger charge is -2.04. The lowest BCUT2D eigenvalue weighted by Crippen LogP contribution is -1.98. The normalized spacial score (nSPS) is 11.0. The molecule has 0 bridgehead atoms. The molecule has 1 aromatic carbocycles. The summed E-state index contributed by atoms with van der Waals surface area (Å²) in [5.41, 5.74) is 8.36. The van der Waals surface area contributed by atoms with Crippen LogP contribution in [-0.2, 0) is 0 Å². The van der Waals surface area contributed by atoms with E-state index in [4.69, 9.17) is 10.3 Å². The number of benzene rings is 1. The molecule has 5 heteroatoms. The zero-order valence-electron chi connectivity index (χ0n) is 10.1. The van der Waals surface area contributed by atoms with Crippen molar-refractivity contribution in [3.63, 3.8) is 0 Å². The van der Waals surface area contributed by atoms with Gasteiger partial charge in [0.2, 0.25) is 0 Å². The number of nitrogens with two attached hydrogens (primary N) is 1. The molecule has 0 amide bonds. The molecule has 0 aliphatic carbocycles.